The topological polar surface area (TPSA) is 133 Å². The number of carboxylic acids is 1. The number of imide groups is 1. The summed E-state index contributed by atoms with van der Waals surface area (Å²) < 4.78 is 0. The van der Waals surface area contributed by atoms with Crippen molar-refractivity contribution in [3.05, 3.63) is 34.9 Å². The van der Waals surface area contributed by atoms with E-state index in [1.807, 2.05) is 0 Å². The Labute approximate surface area is 154 Å². The van der Waals surface area contributed by atoms with Crippen LogP contribution in [0.4, 0.5) is 0 Å². The number of benzene rings is 1. The summed E-state index contributed by atoms with van der Waals surface area (Å²) in [5, 5.41) is 13.5. The number of piperidine rings is 1. The van der Waals surface area contributed by atoms with E-state index in [4.69, 9.17) is 5.11 Å². The number of rotatable bonds is 6. The fourth-order valence-electron chi connectivity index (χ4n) is 3.24. The molecule has 0 spiro atoms. The van der Waals surface area contributed by atoms with Crippen molar-refractivity contribution in [3.8, 4) is 0 Å². The molecule has 1 unspecified atom stereocenters. The van der Waals surface area contributed by atoms with Crippen molar-refractivity contribution in [1.82, 2.24) is 15.5 Å². The van der Waals surface area contributed by atoms with E-state index >= 15 is 0 Å². The van der Waals surface area contributed by atoms with E-state index in [1.54, 1.807) is 12.1 Å². The predicted molar refractivity (Wildman–Crippen MR) is 91.7 cm³/mol. The molecule has 1 aromatic rings. The molecule has 3 rings (SSSR count). The highest BCUT2D eigenvalue weighted by atomic mass is 16.4. The molecule has 142 valence electrons. The van der Waals surface area contributed by atoms with Gasteiger partial charge in [0.05, 0.1) is 0 Å². The van der Waals surface area contributed by atoms with E-state index < -0.39 is 23.8 Å². The number of carbonyl (C=O) groups is 5. The van der Waals surface area contributed by atoms with Gasteiger partial charge in [-0.1, -0.05) is 6.07 Å². The first kappa shape index (κ1) is 18.6. The van der Waals surface area contributed by atoms with Crippen molar-refractivity contribution < 1.29 is 29.1 Å². The van der Waals surface area contributed by atoms with Gasteiger partial charge < -0.3 is 15.3 Å². The molecule has 1 aromatic carbocycles. The molecule has 2 aliphatic rings. The largest absolute Gasteiger partial charge is 0.481 e. The van der Waals surface area contributed by atoms with Crippen molar-refractivity contribution in [2.45, 2.75) is 38.3 Å². The van der Waals surface area contributed by atoms with E-state index in [-0.39, 0.29) is 44.2 Å². The maximum atomic E-state index is 12.7. The second kappa shape index (κ2) is 7.56. The Balaban J connectivity index is 1.67. The highest BCUT2D eigenvalue weighted by molar-refractivity contribution is 6.06. The number of amides is 4. The van der Waals surface area contributed by atoms with E-state index in [0.29, 0.717) is 23.1 Å². The maximum absolute atomic E-state index is 12.7. The SMILES string of the molecule is O=C(O)CCCNC(=O)c1ccc2c(c1)C(=O)N(C1CCC(=O)NC1=O)C2. The first-order valence-corrected chi connectivity index (χ1v) is 8.64. The molecule has 0 bridgehead atoms. The Kier molecular flexibility index (Phi) is 5.20. The van der Waals surface area contributed by atoms with Crippen LogP contribution in [0.2, 0.25) is 0 Å². The number of nitrogens with one attached hydrogen (secondary N) is 2. The molecule has 2 aliphatic heterocycles. The molecular formula is C18H19N3O6. The summed E-state index contributed by atoms with van der Waals surface area (Å²) in [6.07, 6.45) is 0.736. The third-order valence-corrected chi connectivity index (χ3v) is 4.64. The summed E-state index contributed by atoms with van der Waals surface area (Å²) in [4.78, 5) is 60.1. The van der Waals surface area contributed by atoms with E-state index in [2.05, 4.69) is 10.6 Å². The van der Waals surface area contributed by atoms with Crippen LogP contribution >= 0.6 is 0 Å². The van der Waals surface area contributed by atoms with Gasteiger partial charge in [-0.25, -0.2) is 0 Å². The lowest BCUT2D eigenvalue weighted by atomic mass is 10.0. The number of carbonyl (C=O) groups excluding carboxylic acids is 4. The number of carboxylic acid groups (broad SMARTS) is 1. The van der Waals surface area contributed by atoms with Crippen LogP contribution in [-0.2, 0) is 20.9 Å². The first-order valence-electron chi connectivity index (χ1n) is 8.64. The summed E-state index contributed by atoms with van der Waals surface area (Å²) >= 11 is 0. The average molecular weight is 373 g/mol. The molecule has 1 atom stereocenters. The van der Waals surface area contributed by atoms with Crippen LogP contribution < -0.4 is 10.6 Å². The maximum Gasteiger partial charge on any atom is 0.303 e. The highest BCUT2D eigenvalue weighted by Crippen LogP contribution is 2.28. The normalized spacial score (nSPS) is 18.9. The second-order valence-corrected chi connectivity index (χ2v) is 6.53. The van der Waals surface area contributed by atoms with Crippen molar-refractivity contribution >= 4 is 29.6 Å². The Morgan fingerprint density at radius 2 is 2.04 bits per heavy atom. The number of hydrogen-bond acceptors (Lipinski definition) is 5. The average Bonchev–Trinajstić information content (AvgIpc) is 2.94. The minimum absolute atomic E-state index is 0.0378. The van der Waals surface area contributed by atoms with Crippen LogP contribution in [0.1, 0.15) is 52.0 Å². The van der Waals surface area contributed by atoms with Gasteiger partial charge in [-0.05, 0) is 30.5 Å². The predicted octanol–water partition coefficient (Wildman–Crippen LogP) is 0.0422. The number of hydrogen-bond donors (Lipinski definition) is 3. The third kappa shape index (κ3) is 3.97. The zero-order valence-corrected chi connectivity index (χ0v) is 14.5. The molecule has 27 heavy (non-hydrogen) atoms. The van der Waals surface area contributed by atoms with Gasteiger partial charge in [0.15, 0.2) is 0 Å². The molecule has 2 heterocycles. The molecule has 4 amide bonds. The number of fused-ring (bicyclic) bond motifs is 1. The van der Waals surface area contributed by atoms with Crippen LogP contribution in [0.3, 0.4) is 0 Å². The lowest BCUT2D eigenvalue weighted by Gasteiger charge is -2.29. The van der Waals surface area contributed by atoms with E-state index in [0.717, 1.165) is 0 Å². The second-order valence-electron chi connectivity index (χ2n) is 6.53. The molecule has 0 radical (unpaired) electrons. The van der Waals surface area contributed by atoms with Gasteiger partial charge >= 0.3 is 5.97 Å². The molecule has 3 N–H and O–H groups in total. The molecule has 0 saturated carbocycles. The molecule has 1 fully saturated rings. The molecule has 9 heteroatoms. The van der Waals surface area contributed by atoms with E-state index in [1.165, 1.54) is 11.0 Å². The summed E-state index contributed by atoms with van der Waals surface area (Å²) in [6.45, 7) is 0.472. The zero-order valence-electron chi connectivity index (χ0n) is 14.5. The fourth-order valence-corrected chi connectivity index (χ4v) is 3.24. The zero-order chi connectivity index (χ0) is 19.6. The molecule has 0 aliphatic carbocycles. The summed E-state index contributed by atoms with van der Waals surface area (Å²) in [5.41, 5.74) is 1.37. The van der Waals surface area contributed by atoms with Crippen molar-refractivity contribution in [2.75, 3.05) is 6.54 Å². The standard InChI is InChI=1S/C18H19N3O6/c22-14-6-5-13(17(26)20-14)21-9-11-4-3-10(8-12(11)18(21)27)16(25)19-7-1-2-15(23)24/h3-4,8,13H,1-2,5-7,9H2,(H,19,25)(H,23,24)(H,20,22,26). The molecule has 0 aromatic heterocycles. The summed E-state index contributed by atoms with van der Waals surface area (Å²) in [5.74, 6) is -2.50. The van der Waals surface area contributed by atoms with Crippen molar-refractivity contribution in [3.63, 3.8) is 0 Å². The Morgan fingerprint density at radius 3 is 2.74 bits per heavy atom. The highest BCUT2D eigenvalue weighted by Gasteiger charge is 2.39. The van der Waals surface area contributed by atoms with Gasteiger partial charge in [-0.15, -0.1) is 0 Å². The van der Waals surface area contributed by atoms with Gasteiger partial charge in [0.2, 0.25) is 11.8 Å². The Morgan fingerprint density at radius 1 is 1.26 bits per heavy atom. The van der Waals surface area contributed by atoms with Gasteiger partial charge in [0, 0.05) is 37.1 Å². The van der Waals surface area contributed by atoms with Crippen molar-refractivity contribution in [1.29, 1.82) is 0 Å². The van der Waals surface area contributed by atoms with Gasteiger partial charge in [0.25, 0.3) is 11.8 Å². The van der Waals surface area contributed by atoms with Gasteiger partial charge in [0.1, 0.15) is 6.04 Å². The summed E-state index contributed by atoms with van der Waals surface area (Å²) in [7, 11) is 0. The fraction of sp³-hybridized carbons (Fsp3) is 0.389. The quantitative estimate of drug-likeness (QED) is 0.476. The van der Waals surface area contributed by atoms with Crippen LogP contribution in [-0.4, -0.2) is 52.2 Å². The van der Waals surface area contributed by atoms with Crippen molar-refractivity contribution in [2.24, 2.45) is 0 Å². The summed E-state index contributed by atoms with van der Waals surface area (Å²) in [6, 6.07) is 4.05. The van der Waals surface area contributed by atoms with Gasteiger partial charge in [-0.3, -0.25) is 29.3 Å². The van der Waals surface area contributed by atoms with Crippen LogP contribution in [0.25, 0.3) is 0 Å². The van der Waals surface area contributed by atoms with Gasteiger partial charge in [-0.2, -0.15) is 0 Å². The molecule has 1 saturated heterocycles. The van der Waals surface area contributed by atoms with Crippen LogP contribution in [0.15, 0.2) is 18.2 Å². The third-order valence-electron chi connectivity index (χ3n) is 4.64. The Bertz CT molecular complexity index is 834. The molecular weight excluding hydrogens is 354 g/mol. The Hall–Kier alpha value is -3.23. The minimum Gasteiger partial charge on any atom is -0.481 e. The number of nitrogens with zero attached hydrogens (tertiary/aromatic N) is 1. The lowest BCUT2D eigenvalue weighted by molar-refractivity contribution is -0.138. The first-order chi connectivity index (χ1) is 12.9. The molecule has 9 nitrogen and oxygen atoms in total. The van der Waals surface area contributed by atoms with Crippen LogP contribution in [0.5, 0.6) is 0 Å². The smallest absolute Gasteiger partial charge is 0.303 e. The number of aliphatic carboxylic acids is 1. The van der Waals surface area contributed by atoms with Crippen LogP contribution in [0, 0.1) is 0 Å². The minimum atomic E-state index is -0.930. The van der Waals surface area contributed by atoms with E-state index in [9.17, 15) is 24.0 Å². The lowest BCUT2D eigenvalue weighted by Crippen LogP contribution is -2.52. The monoisotopic (exact) mass is 373 g/mol.